The number of nitrogens with one attached hydrogen (secondary N) is 2. The van der Waals surface area contributed by atoms with Gasteiger partial charge in [0.2, 0.25) is 0 Å². The van der Waals surface area contributed by atoms with Crippen LogP contribution >= 0.6 is 0 Å². The first kappa shape index (κ1) is 11.3. The summed E-state index contributed by atoms with van der Waals surface area (Å²) in [5, 5.41) is 7.05. The quantitative estimate of drug-likeness (QED) is 0.539. The highest BCUT2D eigenvalue weighted by Crippen LogP contribution is 2.14. The lowest BCUT2D eigenvalue weighted by molar-refractivity contribution is 0.908. The smallest absolute Gasteiger partial charge is 0.0540 e. The van der Waals surface area contributed by atoms with E-state index in [0.717, 1.165) is 23.3 Å². The summed E-state index contributed by atoms with van der Waals surface area (Å²) in [7, 11) is 3.68. The highest BCUT2D eigenvalue weighted by molar-refractivity contribution is 5.85. The molecule has 3 heteroatoms. The molecule has 0 aromatic rings. The number of hydrogen-bond acceptors (Lipinski definition) is 3. The van der Waals surface area contributed by atoms with E-state index in [1.54, 1.807) is 13.3 Å². The second-order valence-electron chi connectivity index (χ2n) is 3.15. The fraction of sp³-hybridized carbons (Fsp3) is 0.250. The Morgan fingerprint density at radius 2 is 2.20 bits per heavy atom. The summed E-state index contributed by atoms with van der Waals surface area (Å²) in [6.45, 7) is 3.96. The molecule has 0 aliphatic heterocycles. The van der Waals surface area contributed by atoms with Gasteiger partial charge < -0.3 is 10.7 Å². The van der Waals surface area contributed by atoms with Crippen molar-refractivity contribution in [3.05, 3.63) is 47.7 Å². The molecule has 0 bridgehead atoms. The van der Waals surface area contributed by atoms with E-state index in [-0.39, 0.29) is 0 Å². The average molecular weight is 203 g/mol. The number of hydrazone groups is 1. The summed E-state index contributed by atoms with van der Waals surface area (Å²) in [5.74, 6) is 0. The van der Waals surface area contributed by atoms with Crippen molar-refractivity contribution in [2.24, 2.45) is 5.10 Å². The minimum Gasteiger partial charge on any atom is -0.388 e. The second kappa shape index (κ2) is 5.86. The molecule has 0 fully saturated rings. The van der Waals surface area contributed by atoms with E-state index < -0.39 is 0 Å². The summed E-state index contributed by atoms with van der Waals surface area (Å²) in [6.07, 6.45) is 11.0. The van der Waals surface area contributed by atoms with Crippen LogP contribution in [-0.2, 0) is 0 Å². The molecule has 1 aliphatic carbocycles. The average Bonchev–Trinajstić information content (AvgIpc) is 2.50. The Morgan fingerprint density at radius 1 is 1.40 bits per heavy atom. The highest BCUT2D eigenvalue weighted by Gasteiger charge is 1.99. The van der Waals surface area contributed by atoms with E-state index in [1.807, 2.05) is 19.2 Å². The number of nitrogens with zero attached hydrogens (tertiary/aromatic N) is 1. The van der Waals surface area contributed by atoms with E-state index in [0.29, 0.717) is 0 Å². The highest BCUT2D eigenvalue weighted by atomic mass is 15.3. The molecule has 0 radical (unpaired) electrons. The molecule has 3 nitrogen and oxygen atoms in total. The second-order valence-corrected chi connectivity index (χ2v) is 3.15. The maximum Gasteiger partial charge on any atom is 0.0540 e. The Bertz CT molecular complexity index is 346. The van der Waals surface area contributed by atoms with Gasteiger partial charge in [-0.25, -0.2) is 0 Å². The maximum atomic E-state index is 3.96. The Labute approximate surface area is 91.0 Å². The summed E-state index contributed by atoms with van der Waals surface area (Å²) in [6, 6.07) is 0. The first-order valence-electron chi connectivity index (χ1n) is 4.93. The Kier molecular flexibility index (Phi) is 4.41. The molecule has 0 atom stereocenters. The van der Waals surface area contributed by atoms with Crippen molar-refractivity contribution in [2.45, 2.75) is 6.42 Å². The fourth-order valence-corrected chi connectivity index (χ4v) is 1.27. The first-order valence-corrected chi connectivity index (χ1v) is 4.93. The van der Waals surface area contributed by atoms with Crippen molar-refractivity contribution in [2.75, 3.05) is 14.1 Å². The van der Waals surface area contributed by atoms with Crippen LogP contribution < -0.4 is 10.7 Å². The molecule has 0 aromatic carbocycles. The molecule has 0 saturated heterocycles. The number of rotatable bonds is 4. The van der Waals surface area contributed by atoms with Crippen LogP contribution in [0.25, 0.3) is 0 Å². The lowest BCUT2D eigenvalue weighted by atomic mass is 10.1. The third-order valence-corrected chi connectivity index (χ3v) is 2.13. The lowest BCUT2D eigenvalue weighted by Gasteiger charge is -1.99. The van der Waals surface area contributed by atoms with Gasteiger partial charge in [0, 0.05) is 19.8 Å². The van der Waals surface area contributed by atoms with Gasteiger partial charge in [-0.3, -0.25) is 0 Å². The topological polar surface area (TPSA) is 36.4 Å². The molecule has 0 amide bonds. The van der Waals surface area contributed by atoms with Gasteiger partial charge in [-0.15, -0.1) is 0 Å². The van der Waals surface area contributed by atoms with Crippen molar-refractivity contribution in [3.63, 3.8) is 0 Å². The predicted octanol–water partition coefficient (Wildman–Crippen LogP) is 1.74. The summed E-state index contributed by atoms with van der Waals surface area (Å²) < 4.78 is 0. The zero-order valence-corrected chi connectivity index (χ0v) is 9.25. The van der Waals surface area contributed by atoms with Gasteiger partial charge in [0.1, 0.15) is 0 Å². The number of hydrogen-bond donors (Lipinski definition) is 2. The van der Waals surface area contributed by atoms with Crippen LogP contribution in [0.1, 0.15) is 6.42 Å². The monoisotopic (exact) mass is 203 g/mol. The summed E-state index contributed by atoms with van der Waals surface area (Å²) >= 11 is 0. The largest absolute Gasteiger partial charge is 0.388 e. The van der Waals surface area contributed by atoms with Crippen LogP contribution in [0.2, 0.25) is 0 Å². The molecular weight excluding hydrogens is 186 g/mol. The Balaban J connectivity index is 2.70. The molecule has 80 valence electrons. The van der Waals surface area contributed by atoms with Gasteiger partial charge >= 0.3 is 0 Å². The first-order chi connectivity index (χ1) is 7.27. The van der Waals surface area contributed by atoms with Crippen LogP contribution in [0.4, 0.5) is 0 Å². The number of allylic oxidation sites excluding steroid dienone is 6. The van der Waals surface area contributed by atoms with Crippen LogP contribution in [0, 0.1) is 0 Å². The van der Waals surface area contributed by atoms with Crippen LogP contribution in [0.15, 0.2) is 52.8 Å². The van der Waals surface area contributed by atoms with E-state index in [9.17, 15) is 0 Å². The Hall–Kier alpha value is -1.77. The van der Waals surface area contributed by atoms with Crippen LogP contribution in [0.3, 0.4) is 0 Å². The molecular formula is C12H17N3. The minimum atomic E-state index is 0.908. The van der Waals surface area contributed by atoms with Gasteiger partial charge in [-0.1, -0.05) is 24.8 Å². The fourth-order valence-electron chi connectivity index (χ4n) is 1.27. The van der Waals surface area contributed by atoms with Gasteiger partial charge in [-0.05, 0) is 23.6 Å². The van der Waals surface area contributed by atoms with Crippen molar-refractivity contribution in [1.29, 1.82) is 0 Å². The molecule has 2 N–H and O–H groups in total. The normalized spacial score (nSPS) is 15.6. The van der Waals surface area contributed by atoms with Crippen LogP contribution in [-0.4, -0.2) is 20.3 Å². The van der Waals surface area contributed by atoms with E-state index >= 15 is 0 Å². The molecule has 0 aromatic heterocycles. The zero-order valence-electron chi connectivity index (χ0n) is 9.25. The minimum absolute atomic E-state index is 0.908. The van der Waals surface area contributed by atoms with Crippen molar-refractivity contribution < 1.29 is 0 Å². The molecule has 0 spiro atoms. The molecule has 0 heterocycles. The third kappa shape index (κ3) is 3.46. The predicted molar refractivity (Wildman–Crippen MR) is 65.7 cm³/mol. The third-order valence-electron chi connectivity index (χ3n) is 2.13. The van der Waals surface area contributed by atoms with Gasteiger partial charge in [0.15, 0.2) is 0 Å². The molecule has 1 aliphatic rings. The van der Waals surface area contributed by atoms with Crippen LogP contribution in [0.5, 0.6) is 0 Å². The van der Waals surface area contributed by atoms with Gasteiger partial charge in [0.05, 0.1) is 6.21 Å². The van der Waals surface area contributed by atoms with E-state index in [2.05, 4.69) is 34.6 Å². The molecule has 0 saturated carbocycles. The van der Waals surface area contributed by atoms with Gasteiger partial charge in [-0.2, -0.15) is 5.10 Å². The van der Waals surface area contributed by atoms with E-state index in [4.69, 9.17) is 0 Å². The van der Waals surface area contributed by atoms with Crippen molar-refractivity contribution in [3.8, 4) is 0 Å². The summed E-state index contributed by atoms with van der Waals surface area (Å²) in [4.78, 5) is 0. The van der Waals surface area contributed by atoms with Crippen molar-refractivity contribution in [1.82, 2.24) is 10.7 Å². The lowest BCUT2D eigenvalue weighted by Crippen LogP contribution is -2.02. The molecule has 1 rings (SSSR count). The zero-order chi connectivity index (χ0) is 11.1. The standard InChI is InChI=1S/C12H17N3/c1-10(9-15-14-3)11-5-4-6-12(13-2)8-7-11/h5-9,13-14H,1,4H2,2-3H3/b15-9-. The molecule has 15 heavy (non-hydrogen) atoms. The van der Waals surface area contributed by atoms with Crippen molar-refractivity contribution >= 4 is 6.21 Å². The Morgan fingerprint density at radius 3 is 2.87 bits per heavy atom. The van der Waals surface area contributed by atoms with Gasteiger partial charge in [0.25, 0.3) is 0 Å². The molecule has 0 unspecified atom stereocenters. The maximum absolute atomic E-state index is 3.96. The number of likely N-dealkylation sites (N-methyl/N-ethyl adjacent to an activating group) is 1. The summed E-state index contributed by atoms with van der Waals surface area (Å²) in [5.41, 5.74) is 5.85. The SMILES string of the molecule is C=C(/C=N\NC)C1=CCC=C(NC)C=C1. The van der Waals surface area contributed by atoms with E-state index in [1.165, 1.54) is 0 Å².